The highest BCUT2D eigenvalue weighted by atomic mass is 16.3. The van der Waals surface area contributed by atoms with Crippen LogP contribution in [0.5, 0.6) is 0 Å². The third-order valence-electron chi connectivity index (χ3n) is 9.11. The third-order valence-corrected chi connectivity index (χ3v) is 9.11. The van der Waals surface area contributed by atoms with Crippen molar-refractivity contribution in [3.05, 3.63) is 0 Å². The van der Waals surface area contributed by atoms with Gasteiger partial charge in [-0.25, -0.2) is 0 Å². The highest BCUT2D eigenvalue weighted by molar-refractivity contribution is 5.27. The fraction of sp³-hybridized carbons (Fsp3) is 1.00. The number of fused-ring (bicyclic) bond motifs is 1. The molecule has 120 valence electrons. The van der Waals surface area contributed by atoms with E-state index >= 15 is 0 Å². The van der Waals surface area contributed by atoms with Gasteiger partial charge in [0.1, 0.15) is 0 Å². The Morgan fingerprint density at radius 2 is 1.57 bits per heavy atom. The summed E-state index contributed by atoms with van der Waals surface area (Å²) in [5, 5.41) is 10.9. The molecule has 1 spiro atoms. The Balaban J connectivity index is 1.75. The second-order valence-corrected chi connectivity index (χ2v) is 10.2. The molecule has 0 aromatic heterocycles. The highest BCUT2D eigenvalue weighted by Gasteiger charge is 2.78. The molecule has 4 saturated carbocycles. The van der Waals surface area contributed by atoms with E-state index in [9.17, 15) is 5.11 Å². The first-order chi connectivity index (χ1) is 9.67. The first kappa shape index (κ1) is 14.5. The van der Waals surface area contributed by atoms with Crippen molar-refractivity contribution < 1.29 is 5.11 Å². The predicted octanol–water partition coefficient (Wildman–Crippen LogP) is 5.03. The summed E-state index contributed by atoms with van der Waals surface area (Å²) in [5.74, 6) is 3.21. The third kappa shape index (κ3) is 1.53. The fourth-order valence-electron chi connectivity index (χ4n) is 7.93. The molecule has 0 saturated heterocycles. The molecule has 0 bridgehead atoms. The molecule has 1 heteroatoms. The summed E-state index contributed by atoms with van der Waals surface area (Å²) in [4.78, 5) is 0. The van der Waals surface area contributed by atoms with Crippen LogP contribution in [0, 0.1) is 39.9 Å². The van der Waals surface area contributed by atoms with Crippen LogP contribution >= 0.6 is 0 Å². The van der Waals surface area contributed by atoms with Gasteiger partial charge < -0.3 is 5.11 Å². The van der Waals surface area contributed by atoms with Crippen molar-refractivity contribution in [3.63, 3.8) is 0 Å². The van der Waals surface area contributed by atoms with E-state index in [2.05, 4.69) is 34.6 Å². The van der Waals surface area contributed by atoms with Gasteiger partial charge in [0.2, 0.25) is 0 Å². The fourth-order valence-corrected chi connectivity index (χ4v) is 7.93. The number of rotatable bonds is 1. The van der Waals surface area contributed by atoms with Crippen molar-refractivity contribution in [1.29, 1.82) is 0 Å². The van der Waals surface area contributed by atoms with Crippen LogP contribution in [-0.2, 0) is 0 Å². The summed E-state index contributed by atoms with van der Waals surface area (Å²) in [6, 6.07) is 0. The Labute approximate surface area is 130 Å². The van der Waals surface area contributed by atoms with Crippen LogP contribution in [0.4, 0.5) is 0 Å². The molecule has 0 radical (unpaired) electrons. The van der Waals surface area contributed by atoms with Crippen molar-refractivity contribution in [2.45, 2.75) is 85.2 Å². The van der Waals surface area contributed by atoms with E-state index in [1.807, 2.05) is 0 Å². The van der Waals surface area contributed by atoms with Crippen molar-refractivity contribution in [3.8, 4) is 0 Å². The Bertz CT molecular complexity index is 466. The Morgan fingerprint density at radius 1 is 0.905 bits per heavy atom. The Kier molecular flexibility index (Phi) is 2.69. The van der Waals surface area contributed by atoms with E-state index in [1.165, 1.54) is 38.5 Å². The summed E-state index contributed by atoms with van der Waals surface area (Å²) in [5.41, 5.74) is 1.19. The first-order valence-corrected chi connectivity index (χ1v) is 9.40. The number of hydrogen-bond acceptors (Lipinski definition) is 1. The lowest BCUT2D eigenvalue weighted by Gasteiger charge is -2.59. The molecule has 21 heavy (non-hydrogen) atoms. The monoisotopic (exact) mass is 290 g/mol. The SMILES string of the molecule is CC(C)[C@H]1CC[C@@H]2[C@]1(C)CC[C@@]1(C)CC[C@@](C)(O)[C@@H]3C[C@@]231. The van der Waals surface area contributed by atoms with Crippen LogP contribution in [0.2, 0.25) is 0 Å². The highest BCUT2D eigenvalue weighted by Crippen LogP contribution is 2.83. The lowest BCUT2D eigenvalue weighted by atomic mass is 9.46. The van der Waals surface area contributed by atoms with E-state index in [1.54, 1.807) is 0 Å². The van der Waals surface area contributed by atoms with Crippen LogP contribution in [0.15, 0.2) is 0 Å². The molecule has 4 aliphatic rings. The molecule has 4 aliphatic carbocycles. The molecule has 0 aliphatic heterocycles. The van der Waals surface area contributed by atoms with Gasteiger partial charge in [-0.2, -0.15) is 0 Å². The largest absolute Gasteiger partial charge is 0.390 e. The maximum Gasteiger partial charge on any atom is 0.0653 e. The molecule has 0 aromatic rings. The summed E-state index contributed by atoms with van der Waals surface area (Å²) in [7, 11) is 0. The van der Waals surface area contributed by atoms with Crippen LogP contribution < -0.4 is 0 Å². The van der Waals surface area contributed by atoms with Crippen LogP contribution in [-0.4, -0.2) is 10.7 Å². The summed E-state index contributed by atoms with van der Waals surface area (Å²) in [6.45, 7) is 12.2. The van der Waals surface area contributed by atoms with E-state index in [-0.39, 0.29) is 5.60 Å². The molecular weight excluding hydrogens is 256 g/mol. The second-order valence-electron chi connectivity index (χ2n) is 10.2. The molecule has 1 N–H and O–H groups in total. The van der Waals surface area contributed by atoms with Crippen molar-refractivity contribution >= 4 is 0 Å². The normalized spacial score (nSPS) is 62.1. The molecule has 7 atom stereocenters. The quantitative estimate of drug-likeness (QED) is 0.718. The van der Waals surface area contributed by atoms with Gasteiger partial charge in [-0.1, -0.05) is 27.7 Å². The lowest BCUT2D eigenvalue weighted by Crippen LogP contribution is -2.54. The van der Waals surface area contributed by atoms with Gasteiger partial charge in [0.05, 0.1) is 5.60 Å². The number of aliphatic hydroxyl groups is 1. The smallest absolute Gasteiger partial charge is 0.0653 e. The standard InChI is InChI=1S/C20H34O/c1-13(2)14-6-7-15-18(14,4)10-8-17(3)9-11-19(5,21)16-12-20(15,16)17/h13-16,21H,6-12H2,1-5H3/t14-,15-,16+,17+,18-,19-,20-/m1/s1. The number of hydrogen-bond donors (Lipinski definition) is 1. The maximum atomic E-state index is 10.9. The molecule has 0 aromatic carbocycles. The van der Waals surface area contributed by atoms with Gasteiger partial charge in [0, 0.05) is 0 Å². The zero-order valence-corrected chi connectivity index (χ0v) is 14.7. The molecule has 0 unspecified atom stereocenters. The molecule has 4 rings (SSSR count). The molecule has 0 amide bonds. The van der Waals surface area contributed by atoms with Crippen LogP contribution in [0.25, 0.3) is 0 Å². The van der Waals surface area contributed by atoms with Crippen molar-refractivity contribution in [2.24, 2.45) is 39.9 Å². The van der Waals surface area contributed by atoms with Gasteiger partial charge in [-0.05, 0) is 91.8 Å². The van der Waals surface area contributed by atoms with Crippen molar-refractivity contribution in [2.75, 3.05) is 0 Å². The first-order valence-electron chi connectivity index (χ1n) is 9.40. The molecule has 0 heterocycles. The minimum absolute atomic E-state index is 0.381. The van der Waals surface area contributed by atoms with E-state index in [0.717, 1.165) is 24.2 Å². The van der Waals surface area contributed by atoms with Gasteiger partial charge in [-0.15, -0.1) is 0 Å². The lowest BCUT2D eigenvalue weighted by molar-refractivity contribution is -0.135. The van der Waals surface area contributed by atoms with E-state index < -0.39 is 0 Å². The minimum Gasteiger partial charge on any atom is -0.390 e. The predicted molar refractivity (Wildman–Crippen MR) is 86.9 cm³/mol. The molecular formula is C20H34O. The van der Waals surface area contributed by atoms with Crippen molar-refractivity contribution in [1.82, 2.24) is 0 Å². The maximum absolute atomic E-state index is 10.9. The van der Waals surface area contributed by atoms with Gasteiger partial charge in [0.25, 0.3) is 0 Å². The topological polar surface area (TPSA) is 20.2 Å². The molecule has 4 fully saturated rings. The Morgan fingerprint density at radius 3 is 2.24 bits per heavy atom. The van der Waals surface area contributed by atoms with E-state index in [4.69, 9.17) is 0 Å². The minimum atomic E-state index is -0.381. The van der Waals surface area contributed by atoms with Crippen LogP contribution in [0.1, 0.15) is 79.6 Å². The summed E-state index contributed by atoms with van der Waals surface area (Å²) in [6.07, 6.45) is 9.33. The van der Waals surface area contributed by atoms with Gasteiger partial charge in [0.15, 0.2) is 0 Å². The van der Waals surface area contributed by atoms with Gasteiger partial charge >= 0.3 is 0 Å². The average molecular weight is 290 g/mol. The second kappa shape index (κ2) is 3.89. The van der Waals surface area contributed by atoms with Gasteiger partial charge in [-0.3, -0.25) is 0 Å². The van der Waals surface area contributed by atoms with Crippen LogP contribution in [0.3, 0.4) is 0 Å². The summed E-state index contributed by atoms with van der Waals surface area (Å²) >= 11 is 0. The summed E-state index contributed by atoms with van der Waals surface area (Å²) < 4.78 is 0. The Hall–Kier alpha value is -0.0400. The zero-order valence-electron chi connectivity index (χ0n) is 14.7. The zero-order chi connectivity index (χ0) is 15.3. The molecule has 1 nitrogen and oxygen atoms in total. The average Bonchev–Trinajstić information content (AvgIpc) is 3.06. The van der Waals surface area contributed by atoms with E-state index in [0.29, 0.717) is 22.2 Å².